The second-order valence-corrected chi connectivity index (χ2v) is 2.64. The zero-order valence-electron chi connectivity index (χ0n) is 5.39. The van der Waals surface area contributed by atoms with Gasteiger partial charge in [-0.25, -0.2) is 0 Å². The highest BCUT2D eigenvalue weighted by molar-refractivity contribution is 5.71. The molecule has 0 aromatic rings. The van der Waals surface area contributed by atoms with Gasteiger partial charge in [0.05, 0.1) is 18.6 Å². The lowest BCUT2D eigenvalue weighted by atomic mass is 10.1. The Balaban J connectivity index is 2.51. The molecule has 0 aliphatic carbocycles. The molecule has 1 rings (SSSR count). The summed E-state index contributed by atoms with van der Waals surface area (Å²) in [6.07, 6.45) is 0.686. The first-order valence-corrected chi connectivity index (χ1v) is 2.98. The lowest BCUT2D eigenvalue weighted by Gasteiger charge is -2.26. The van der Waals surface area contributed by atoms with Crippen LogP contribution in [0.1, 0.15) is 19.8 Å². The van der Waals surface area contributed by atoms with Gasteiger partial charge >= 0.3 is 5.97 Å². The number of carbonyl (C=O) groups is 1. The molecule has 1 heterocycles. The van der Waals surface area contributed by atoms with Crippen LogP contribution in [0.4, 0.5) is 0 Å². The lowest BCUT2D eigenvalue weighted by molar-refractivity contribution is -0.157. The van der Waals surface area contributed by atoms with Crippen LogP contribution in [-0.2, 0) is 9.53 Å². The molecule has 0 saturated carbocycles. The minimum Gasteiger partial charge on any atom is -0.465 e. The highest BCUT2D eigenvalue weighted by Gasteiger charge is 2.29. The van der Waals surface area contributed by atoms with Crippen molar-refractivity contribution in [2.75, 3.05) is 6.61 Å². The number of carbonyl (C=O) groups excluding carboxylic acids is 1. The fourth-order valence-electron chi connectivity index (χ4n) is 0.835. The molecular formula is C6H10O3. The fraction of sp³-hybridized carbons (Fsp3) is 0.833. The Morgan fingerprint density at radius 2 is 2.44 bits per heavy atom. The summed E-state index contributed by atoms with van der Waals surface area (Å²) in [5.41, 5.74) is -0.824. The first kappa shape index (κ1) is 6.55. The van der Waals surface area contributed by atoms with Crippen molar-refractivity contribution in [1.82, 2.24) is 0 Å². The Hall–Kier alpha value is -0.570. The van der Waals surface area contributed by atoms with Crippen LogP contribution in [0, 0.1) is 0 Å². The number of esters is 1. The third kappa shape index (κ3) is 1.68. The van der Waals surface area contributed by atoms with E-state index in [1.165, 1.54) is 0 Å². The number of rotatable bonds is 0. The van der Waals surface area contributed by atoms with Crippen LogP contribution in [-0.4, -0.2) is 23.3 Å². The number of hydrogen-bond acceptors (Lipinski definition) is 3. The summed E-state index contributed by atoms with van der Waals surface area (Å²) in [5, 5.41) is 9.24. The van der Waals surface area contributed by atoms with Crippen molar-refractivity contribution in [3.05, 3.63) is 0 Å². The molecule has 1 atom stereocenters. The SMILES string of the molecule is CC1(O)CCOC(=O)[13CH2]1. The number of cyclic esters (lactones) is 1. The van der Waals surface area contributed by atoms with E-state index in [-0.39, 0.29) is 12.4 Å². The van der Waals surface area contributed by atoms with Crippen molar-refractivity contribution < 1.29 is 14.6 Å². The molecule has 1 saturated heterocycles. The topological polar surface area (TPSA) is 46.5 Å². The van der Waals surface area contributed by atoms with E-state index >= 15 is 0 Å². The first-order valence-electron chi connectivity index (χ1n) is 2.98. The second kappa shape index (κ2) is 1.99. The molecule has 1 fully saturated rings. The molecule has 3 heteroatoms. The van der Waals surface area contributed by atoms with E-state index in [0.29, 0.717) is 13.0 Å². The predicted molar refractivity (Wildman–Crippen MR) is 30.8 cm³/mol. The van der Waals surface area contributed by atoms with Crippen LogP contribution >= 0.6 is 0 Å². The molecule has 1 aliphatic heterocycles. The molecule has 0 aromatic carbocycles. The van der Waals surface area contributed by atoms with Gasteiger partial charge in [-0.05, 0) is 6.92 Å². The minimum absolute atomic E-state index is 0.132. The molecule has 1 N–H and O–H groups in total. The second-order valence-electron chi connectivity index (χ2n) is 2.64. The largest absolute Gasteiger partial charge is 0.465 e. The number of ether oxygens (including phenoxy) is 1. The Kier molecular flexibility index (Phi) is 1.45. The summed E-state index contributed by atoms with van der Waals surface area (Å²) in [5.74, 6) is -0.300. The fourth-order valence-corrected chi connectivity index (χ4v) is 0.835. The standard InChI is InChI=1S/C6H10O3/c1-6(8)2-3-9-5(7)4-6/h8H,2-4H2,1H3/i4+1. The van der Waals surface area contributed by atoms with Gasteiger partial charge in [0.15, 0.2) is 0 Å². The van der Waals surface area contributed by atoms with Crippen LogP contribution in [0.2, 0.25) is 0 Å². The smallest absolute Gasteiger partial charge is 0.308 e. The highest BCUT2D eigenvalue weighted by Crippen LogP contribution is 2.19. The normalized spacial score (nSPS) is 36.0. The van der Waals surface area contributed by atoms with E-state index in [4.69, 9.17) is 0 Å². The third-order valence-electron chi connectivity index (χ3n) is 1.43. The molecule has 0 amide bonds. The van der Waals surface area contributed by atoms with Gasteiger partial charge in [0.25, 0.3) is 0 Å². The Bertz CT molecular complexity index is 128. The van der Waals surface area contributed by atoms with Gasteiger partial charge in [0, 0.05) is 6.42 Å². The highest BCUT2D eigenvalue weighted by atomic mass is 16.5. The van der Waals surface area contributed by atoms with Crippen molar-refractivity contribution in [2.45, 2.75) is 25.4 Å². The van der Waals surface area contributed by atoms with Gasteiger partial charge in [0.2, 0.25) is 0 Å². The Morgan fingerprint density at radius 1 is 1.78 bits per heavy atom. The molecule has 9 heavy (non-hydrogen) atoms. The summed E-state index contributed by atoms with van der Waals surface area (Å²) >= 11 is 0. The molecule has 0 spiro atoms. The summed E-state index contributed by atoms with van der Waals surface area (Å²) in [6, 6.07) is 0. The van der Waals surface area contributed by atoms with Crippen molar-refractivity contribution in [3.8, 4) is 0 Å². The molecule has 3 nitrogen and oxygen atoms in total. The summed E-state index contributed by atoms with van der Waals surface area (Å²) < 4.78 is 4.61. The van der Waals surface area contributed by atoms with Crippen LogP contribution in [0.25, 0.3) is 0 Å². The van der Waals surface area contributed by atoms with Crippen LogP contribution in [0.15, 0.2) is 0 Å². The Labute approximate surface area is 53.6 Å². The van der Waals surface area contributed by atoms with E-state index < -0.39 is 5.60 Å². The first-order chi connectivity index (χ1) is 4.10. The summed E-state index contributed by atoms with van der Waals surface area (Å²) in [7, 11) is 0. The Morgan fingerprint density at radius 3 is 2.78 bits per heavy atom. The summed E-state index contributed by atoms with van der Waals surface area (Å²) in [6.45, 7) is 2.00. The third-order valence-corrected chi connectivity index (χ3v) is 1.43. The number of aliphatic hydroxyl groups is 1. The molecule has 1 aliphatic rings. The van der Waals surface area contributed by atoms with Gasteiger partial charge in [-0.2, -0.15) is 0 Å². The van der Waals surface area contributed by atoms with Crippen LogP contribution < -0.4 is 0 Å². The van der Waals surface area contributed by atoms with E-state index in [2.05, 4.69) is 4.74 Å². The van der Waals surface area contributed by atoms with Crippen molar-refractivity contribution in [3.63, 3.8) is 0 Å². The van der Waals surface area contributed by atoms with Crippen molar-refractivity contribution in [1.29, 1.82) is 0 Å². The van der Waals surface area contributed by atoms with Crippen molar-refractivity contribution in [2.24, 2.45) is 0 Å². The van der Waals surface area contributed by atoms with E-state index in [1.54, 1.807) is 6.92 Å². The van der Waals surface area contributed by atoms with E-state index in [1.807, 2.05) is 0 Å². The zero-order valence-corrected chi connectivity index (χ0v) is 5.39. The molecule has 0 bridgehead atoms. The van der Waals surface area contributed by atoms with E-state index in [0.717, 1.165) is 0 Å². The van der Waals surface area contributed by atoms with Gasteiger partial charge in [0.1, 0.15) is 0 Å². The lowest BCUT2D eigenvalue weighted by Crippen LogP contribution is -2.35. The van der Waals surface area contributed by atoms with Gasteiger partial charge in [-0.15, -0.1) is 0 Å². The van der Waals surface area contributed by atoms with Crippen LogP contribution in [0.5, 0.6) is 0 Å². The van der Waals surface area contributed by atoms with Crippen LogP contribution in [0.3, 0.4) is 0 Å². The average Bonchev–Trinajstić information content (AvgIpc) is 1.60. The average molecular weight is 131 g/mol. The monoisotopic (exact) mass is 131 g/mol. The zero-order chi connectivity index (χ0) is 6.91. The maximum atomic E-state index is 10.5. The molecule has 0 aromatic heterocycles. The van der Waals surface area contributed by atoms with Gasteiger partial charge < -0.3 is 9.84 Å². The molecule has 0 radical (unpaired) electrons. The quantitative estimate of drug-likeness (QED) is 0.374. The summed E-state index contributed by atoms with van der Waals surface area (Å²) in [4.78, 5) is 10.5. The van der Waals surface area contributed by atoms with Gasteiger partial charge in [-0.3, -0.25) is 4.79 Å². The maximum absolute atomic E-state index is 10.5. The molecule has 1 unspecified atom stereocenters. The van der Waals surface area contributed by atoms with E-state index in [9.17, 15) is 9.90 Å². The van der Waals surface area contributed by atoms with Gasteiger partial charge in [-0.1, -0.05) is 0 Å². The number of hydrogen-bond donors (Lipinski definition) is 1. The minimum atomic E-state index is -0.824. The molecular weight excluding hydrogens is 121 g/mol. The predicted octanol–water partition coefficient (Wildman–Crippen LogP) is 0.0744. The molecule has 52 valence electrons. The maximum Gasteiger partial charge on any atom is 0.308 e. The van der Waals surface area contributed by atoms with Crippen molar-refractivity contribution >= 4 is 5.97 Å².